The molecule has 0 radical (unpaired) electrons. The van der Waals surface area contributed by atoms with Crippen molar-refractivity contribution in [3.8, 4) is 5.75 Å². The van der Waals surface area contributed by atoms with E-state index in [0.29, 0.717) is 17.0 Å². The zero-order valence-corrected chi connectivity index (χ0v) is 13.2. The Kier molecular flexibility index (Phi) is 4.35. The number of ether oxygens (including phenoxy) is 1. The van der Waals surface area contributed by atoms with Gasteiger partial charge in [-0.3, -0.25) is 0 Å². The third-order valence-electron chi connectivity index (χ3n) is 2.75. The Morgan fingerprint density at radius 1 is 1.15 bits per heavy atom. The summed E-state index contributed by atoms with van der Waals surface area (Å²) in [4.78, 5) is 0.280. The second-order valence-corrected chi connectivity index (χ2v) is 7.23. The van der Waals surface area contributed by atoms with Crippen molar-refractivity contribution in [1.82, 2.24) is 0 Å². The summed E-state index contributed by atoms with van der Waals surface area (Å²) in [5.74, 6) is 0.432. The minimum absolute atomic E-state index is 0.115. The number of hydrogen-bond donors (Lipinski definition) is 1. The van der Waals surface area contributed by atoms with Crippen molar-refractivity contribution in [2.75, 3.05) is 12.8 Å². The van der Waals surface area contributed by atoms with Crippen molar-refractivity contribution in [1.29, 1.82) is 0 Å². The van der Waals surface area contributed by atoms with Gasteiger partial charge >= 0.3 is 0 Å². The van der Waals surface area contributed by atoms with Gasteiger partial charge in [-0.15, -0.1) is 0 Å². The normalized spacial score (nSPS) is 11.3. The molecule has 0 atom stereocenters. The van der Waals surface area contributed by atoms with Crippen LogP contribution in [0.5, 0.6) is 5.75 Å². The molecule has 0 spiro atoms. The van der Waals surface area contributed by atoms with Crippen LogP contribution in [0.1, 0.15) is 5.56 Å². The van der Waals surface area contributed by atoms with Gasteiger partial charge in [-0.25, -0.2) is 8.42 Å². The average Bonchev–Trinajstić information content (AvgIpc) is 2.37. The van der Waals surface area contributed by atoms with Gasteiger partial charge in [0, 0.05) is 16.2 Å². The number of halogens is 1. The molecule has 0 fully saturated rings. The molecule has 2 aromatic carbocycles. The van der Waals surface area contributed by atoms with E-state index in [4.69, 9.17) is 10.5 Å². The lowest BCUT2D eigenvalue weighted by atomic mass is 10.2. The number of nitrogen functional groups attached to an aromatic ring is 1. The highest BCUT2D eigenvalue weighted by atomic mass is 79.9. The van der Waals surface area contributed by atoms with Crippen LogP contribution in [-0.4, -0.2) is 15.5 Å². The lowest BCUT2D eigenvalue weighted by molar-refractivity contribution is 0.414. The summed E-state index contributed by atoms with van der Waals surface area (Å²) < 4.78 is 30.6. The maximum Gasteiger partial charge on any atom is 0.182 e. The summed E-state index contributed by atoms with van der Waals surface area (Å²) in [6, 6.07) is 11.5. The Labute approximate surface area is 126 Å². The number of anilines is 1. The zero-order valence-electron chi connectivity index (χ0n) is 10.8. The summed E-state index contributed by atoms with van der Waals surface area (Å²) in [6.07, 6.45) is 0. The largest absolute Gasteiger partial charge is 0.497 e. The van der Waals surface area contributed by atoms with E-state index in [1.165, 1.54) is 7.11 Å². The molecule has 0 saturated carbocycles. The maximum absolute atomic E-state index is 12.3. The fourth-order valence-electron chi connectivity index (χ4n) is 1.83. The Morgan fingerprint density at radius 2 is 1.80 bits per heavy atom. The number of nitrogens with two attached hydrogens (primary N) is 1. The van der Waals surface area contributed by atoms with Crippen LogP contribution in [0.15, 0.2) is 51.8 Å². The van der Waals surface area contributed by atoms with Gasteiger partial charge in [-0.2, -0.15) is 0 Å². The van der Waals surface area contributed by atoms with Crippen molar-refractivity contribution >= 4 is 31.5 Å². The van der Waals surface area contributed by atoms with Crippen LogP contribution in [0.25, 0.3) is 0 Å². The summed E-state index contributed by atoms with van der Waals surface area (Å²) in [5.41, 5.74) is 6.81. The number of rotatable bonds is 4. The lowest BCUT2D eigenvalue weighted by Gasteiger charge is -2.08. The van der Waals surface area contributed by atoms with Crippen LogP contribution in [0.2, 0.25) is 0 Å². The summed E-state index contributed by atoms with van der Waals surface area (Å²) in [6.45, 7) is 0. The van der Waals surface area contributed by atoms with Gasteiger partial charge in [0.05, 0.1) is 17.8 Å². The smallest absolute Gasteiger partial charge is 0.182 e. The quantitative estimate of drug-likeness (QED) is 0.855. The molecule has 0 aromatic heterocycles. The monoisotopic (exact) mass is 355 g/mol. The first kappa shape index (κ1) is 14.9. The molecule has 0 amide bonds. The molecule has 0 heterocycles. The van der Waals surface area contributed by atoms with Crippen molar-refractivity contribution in [3.63, 3.8) is 0 Å². The Balaban J connectivity index is 2.33. The van der Waals surface area contributed by atoms with Crippen LogP contribution in [-0.2, 0) is 15.6 Å². The fourth-order valence-corrected chi connectivity index (χ4v) is 3.42. The summed E-state index contributed by atoms with van der Waals surface area (Å²) in [5, 5.41) is 0. The van der Waals surface area contributed by atoms with Crippen LogP contribution >= 0.6 is 15.9 Å². The lowest BCUT2D eigenvalue weighted by Crippen LogP contribution is -2.05. The van der Waals surface area contributed by atoms with Crippen molar-refractivity contribution in [2.24, 2.45) is 0 Å². The molecule has 2 rings (SSSR count). The van der Waals surface area contributed by atoms with Crippen molar-refractivity contribution in [3.05, 3.63) is 52.5 Å². The van der Waals surface area contributed by atoms with E-state index in [1.54, 1.807) is 42.5 Å². The van der Waals surface area contributed by atoms with Crippen LogP contribution in [0.4, 0.5) is 5.69 Å². The van der Waals surface area contributed by atoms with Crippen molar-refractivity contribution < 1.29 is 13.2 Å². The first-order valence-electron chi connectivity index (χ1n) is 5.82. The van der Waals surface area contributed by atoms with E-state index in [-0.39, 0.29) is 10.6 Å². The molecule has 0 aliphatic rings. The molecular weight excluding hydrogens is 342 g/mol. The predicted molar refractivity (Wildman–Crippen MR) is 82.4 cm³/mol. The minimum Gasteiger partial charge on any atom is -0.497 e. The Bertz CT molecular complexity index is 712. The summed E-state index contributed by atoms with van der Waals surface area (Å²) in [7, 11) is -1.89. The molecule has 106 valence electrons. The minimum atomic E-state index is -3.40. The number of benzene rings is 2. The number of methoxy groups -OCH3 is 1. The standard InChI is InChI=1S/C14H14BrNO3S/c1-19-13-7-10(6-12(16)8-13)9-20(17,18)14-4-2-11(15)3-5-14/h2-8H,9,16H2,1H3. The third kappa shape index (κ3) is 3.52. The highest BCUT2D eigenvalue weighted by Gasteiger charge is 2.16. The number of hydrogen-bond acceptors (Lipinski definition) is 4. The van der Waals surface area contributed by atoms with E-state index in [2.05, 4.69) is 15.9 Å². The maximum atomic E-state index is 12.3. The Hall–Kier alpha value is -1.53. The molecule has 0 bridgehead atoms. The topological polar surface area (TPSA) is 69.4 Å². The second kappa shape index (κ2) is 5.85. The zero-order chi connectivity index (χ0) is 14.8. The first-order valence-corrected chi connectivity index (χ1v) is 8.27. The van der Waals surface area contributed by atoms with E-state index < -0.39 is 9.84 Å². The van der Waals surface area contributed by atoms with Gasteiger partial charge in [-0.05, 0) is 42.0 Å². The molecular formula is C14H14BrNO3S. The molecule has 2 aromatic rings. The van der Waals surface area contributed by atoms with Crippen LogP contribution in [0, 0.1) is 0 Å². The first-order chi connectivity index (χ1) is 9.40. The van der Waals surface area contributed by atoms with Gasteiger partial charge in [-0.1, -0.05) is 15.9 Å². The highest BCUT2D eigenvalue weighted by Crippen LogP contribution is 2.23. The molecule has 4 nitrogen and oxygen atoms in total. The Morgan fingerprint density at radius 3 is 2.40 bits per heavy atom. The molecule has 0 aliphatic heterocycles. The number of sulfone groups is 1. The van der Waals surface area contributed by atoms with Gasteiger partial charge in [0.15, 0.2) is 9.84 Å². The van der Waals surface area contributed by atoms with E-state index >= 15 is 0 Å². The molecule has 20 heavy (non-hydrogen) atoms. The SMILES string of the molecule is COc1cc(N)cc(CS(=O)(=O)c2ccc(Br)cc2)c1. The van der Waals surface area contributed by atoms with E-state index in [0.717, 1.165) is 4.47 Å². The predicted octanol–water partition coefficient (Wildman–Crippen LogP) is 3.01. The van der Waals surface area contributed by atoms with Crippen LogP contribution in [0.3, 0.4) is 0 Å². The highest BCUT2D eigenvalue weighted by molar-refractivity contribution is 9.10. The summed E-state index contributed by atoms with van der Waals surface area (Å²) >= 11 is 3.28. The van der Waals surface area contributed by atoms with Gasteiger partial charge in [0.2, 0.25) is 0 Å². The van der Waals surface area contributed by atoms with Crippen molar-refractivity contribution in [2.45, 2.75) is 10.6 Å². The van der Waals surface area contributed by atoms with Gasteiger partial charge in [0.25, 0.3) is 0 Å². The van der Waals surface area contributed by atoms with Gasteiger partial charge < -0.3 is 10.5 Å². The van der Waals surface area contributed by atoms with Gasteiger partial charge in [0.1, 0.15) is 5.75 Å². The molecule has 0 aliphatic carbocycles. The average molecular weight is 356 g/mol. The molecule has 6 heteroatoms. The fraction of sp³-hybridized carbons (Fsp3) is 0.143. The van der Waals surface area contributed by atoms with E-state index in [9.17, 15) is 8.42 Å². The van der Waals surface area contributed by atoms with E-state index in [1.807, 2.05) is 0 Å². The second-order valence-electron chi connectivity index (χ2n) is 4.33. The third-order valence-corrected chi connectivity index (χ3v) is 4.99. The molecule has 2 N–H and O–H groups in total. The molecule has 0 saturated heterocycles. The van der Waals surface area contributed by atoms with Crippen LogP contribution < -0.4 is 10.5 Å². The molecule has 0 unspecified atom stereocenters.